The number of aliphatic hydroxyl groups is 1. The molecule has 1 rings (SSSR count). The van der Waals surface area contributed by atoms with Crippen molar-refractivity contribution in [1.82, 2.24) is 5.32 Å². The molecule has 0 saturated carbocycles. The third-order valence-corrected chi connectivity index (χ3v) is 3.84. The summed E-state index contributed by atoms with van der Waals surface area (Å²) in [6, 6.07) is 0.288. The first-order valence-electron chi connectivity index (χ1n) is 5.96. The number of nitrogens with one attached hydrogen (secondary N) is 1. The molecule has 1 saturated heterocycles. The molecule has 2 N–H and O–H groups in total. The minimum atomic E-state index is -0.519. The van der Waals surface area contributed by atoms with E-state index in [1.807, 2.05) is 0 Å². The Bertz CT molecular complexity index is 181. The van der Waals surface area contributed by atoms with Crippen LogP contribution in [0, 0.1) is 11.8 Å². The van der Waals surface area contributed by atoms with Crippen molar-refractivity contribution in [2.75, 3.05) is 6.54 Å². The molecule has 84 valence electrons. The summed E-state index contributed by atoms with van der Waals surface area (Å²) in [5.41, 5.74) is -0.519. The van der Waals surface area contributed by atoms with E-state index in [0.717, 1.165) is 25.3 Å². The molecule has 14 heavy (non-hydrogen) atoms. The van der Waals surface area contributed by atoms with Crippen molar-refractivity contribution in [3.63, 3.8) is 0 Å². The molecule has 0 bridgehead atoms. The normalized spacial score (nSPS) is 33.0. The first-order valence-corrected chi connectivity index (χ1v) is 5.96. The van der Waals surface area contributed by atoms with Crippen LogP contribution in [0.5, 0.6) is 0 Å². The minimum Gasteiger partial charge on any atom is -0.388 e. The van der Waals surface area contributed by atoms with E-state index in [1.54, 1.807) is 0 Å². The van der Waals surface area contributed by atoms with E-state index in [1.165, 1.54) is 6.42 Å². The van der Waals surface area contributed by atoms with Crippen LogP contribution in [0.3, 0.4) is 0 Å². The molecule has 1 aliphatic rings. The van der Waals surface area contributed by atoms with Crippen molar-refractivity contribution >= 4 is 0 Å². The Morgan fingerprint density at radius 1 is 1.50 bits per heavy atom. The zero-order valence-electron chi connectivity index (χ0n) is 10.0. The molecule has 2 heteroatoms. The Labute approximate surface area is 88.1 Å². The van der Waals surface area contributed by atoms with Gasteiger partial charge in [-0.15, -0.1) is 0 Å². The lowest BCUT2D eigenvalue weighted by atomic mass is 9.75. The fourth-order valence-electron chi connectivity index (χ4n) is 2.55. The molecule has 1 fully saturated rings. The smallest absolute Gasteiger partial charge is 0.0820 e. The minimum absolute atomic E-state index is 0.288. The van der Waals surface area contributed by atoms with Crippen LogP contribution in [0.15, 0.2) is 0 Å². The summed E-state index contributed by atoms with van der Waals surface area (Å²) in [6.07, 6.45) is 3.20. The standard InChI is InChI=1S/C12H25NO/c1-5-12(14,9(2)3)11-8-10(4)6-7-13-11/h9-11,13-14H,5-8H2,1-4H3. The molecule has 0 aliphatic carbocycles. The van der Waals surface area contributed by atoms with Gasteiger partial charge in [-0.25, -0.2) is 0 Å². The highest BCUT2D eigenvalue weighted by Crippen LogP contribution is 2.31. The monoisotopic (exact) mass is 199 g/mol. The largest absolute Gasteiger partial charge is 0.388 e. The lowest BCUT2D eigenvalue weighted by Crippen LogP contribution is -2.56. The maximum atomic E-state index is 10.6. The molecular formula is C12H25NO. The molecule has 1 heterocycles. The van der Waals surface area contributed by atoms with Crippen LogP contribution in [0.1, 0.15) is 47.0 Å². The Morgan fingerprint density at radius 3 is 2.57 bits per heavy atom. The second-order valence-corrected chi connectivity index (χ2v) is 5.14. The second-order valence-electron chi connectivity index (χ2n) is 5.14. The lowest BCUT2D eigenvalue weighted by molar-refractivity contribution is -0.0546. The number of hydrogen-bond donors (Lipinski definition) is 2. The summed E-state index contributed by atoms with van der Waals surface area (Å²) < 4.78 is 0. The fourth-order valence-corrected chi connectivity index (χ4v) is 2.55. The van der Waals surface area contributed by atoms with Crippen LogP contribution in [0.4, 0.5) is 0 Å². The van der Waals surface area contributed by atoms with Crippen molar-refractivity contribution in [3.8, 4) is 0 Å². The first kappa shape index (κ1) is 12.0. The molecular weight excluding hydrogens is 174 g/mol. The molecule has 0 spiro atoms. The summed E-state index contributed by atoms with van der Waals surface area (Å²) in [6.45, 7) is 9.65. The van der Waals surface area contributed by atoms with Crippen molar-refractivity contribution in [1.29, 1.82) is 0 Å². The van der Waals surface area contributed by atoms with E-state index < -0.39 is 5.60 Å². The number of piperidine rings is 1. The Morgan fingerprint density at radius 2 is 2.14 bits per heavy atom. The quantitative estimate of drug-likeness (QED) is 0.730. The average molecular weight is 199 g/mol. The molecule has 0 amide bonds. The van der Waals surface area contributed by atoms with Crippen molar-refractivity contribution in [2.24, 2.45) is 11.8 Å². The van der Waals surface area contributed by atoms with Gasteiger partial charge in [0.2, 0.25) is 0 Å². The van der Waals surface area contributed by atoms with E-state index in [0.29, 0.717) is 5.92 Å². The van der Waals surface area contributed by atoms with Crippen molar-refractivity contribution in [2.45, 2.75) is 58.6 Å². The summed E-state index contributed by atoms with van der Waals surface area (Å²) in [5.74, 6) is 1.08. The first-order chi connectivity index (χ1) is 6.50. The third-order valence-electron chi connectivity index (χ3n) is 3.84. The number of hydrogen-bond acceptors (Lipinski definition) is 2. The van der Waals surface area contributed by atoms with Gasteiger partial charge in [-0.3, -0.25) is 0 Å². The zero-order chi connectivity index (χ0) is 10.8. The van der Waals surface area contributed by atoms with E-state index in [4.69, 9.17) is 0 Å². The van der Waals surface area contributed by atoms with Gasteiger partial charge in [0.1, 0.15) is 0 Å². The highest BCUT2D eigenvalue weighted by Gasteiger charge is 2.39. The molecule has 0 radical (unpaired) electrons. The summed E-state index contributed by atoms with van der Waals surface area (Å²) in [5, 5.41) is 14.0. The van der Waals surface area contributed by atoms with Gasteiger partial charge in [0.15, 0.2) is 0 Å². The van der Waals surface area contributed by atoms with Crippen molar-refractivity contribution in [3.05, 3.63) is 0 Å². The summed E-state index contributed by atoms with van der Waals surface area (Å²) >= 11 is 0. The van der Waals surface area contributed by atoms with Gasteiger partial charge < -0.3 is 10.4 Å². The van der Waals surface area contributed by atoms with Crippen LogP contribution in [-0.2, 0) is 0 Å². The molecule has 0 aromatic rings. The van der Waals surface area contributed by atoms with E-state index >= 15 is 0 Å². The van der Waals surface area contributed by atoms with Gasteiger partial charge in [0.05, 0.1) is 5.60 Å². The average Bonchev–Trinajstić information content (AvgIpc) is 2.16. The van der Waals surface area contributed by atoms with Crippen LogP contribution >= 0.6 is 0 Å². The molecule has 0 aromatic carbocycles. The molecule has 1 aliphatic heterocycles. The van der Waals surface area contributed by atoms with E-state index in [2.05, 4.69) is 33.0 Å². The maximum absolute atomic E-state index is 10.6. The number of rotatable bonds is 3. The van der Waals surface area contributed by atoms with E-state index in [-0.39, 0.29) is 6.04 Å². The molecule has 3 unspecified atom stereocenters. The lowest BCUT2D eigenvalue weighted by Gasteiger charge is -2.43. The van der Waals surface area contributed by atoms with Gasteiger partial charge in [0.25, 0.3) is 0 Å². The predicted molar refractivity (Wildman–Crippen MR) is 60.3 cm³/mol. The van der Waals surface area contributed by atoms with Gasteiger partial charge in [-0.05, 0) is 37.6 Å². The van der Waals surface area contributed by atoms with Gasteiger partial charge in [-0.1, -0.05) is 27.7 Å². The van der Waals surface area contributed by atoms with Crippen LogP contribution < -0.4 is 5.32 Å². The summed E-state index contributed by atoms with van der Waals surface area (Å²) in [7, 11) is 0. The highest BCUT2D eigenvalue weighted by molar-refractivity contribution is 4.95. The van der Waals surface area contributed by atoms with Gasteiger partial charge in [0, 0.05) is 6.04 Å². The Hall–Kier alpha value is -0.0800. The van der Waals surface area contributed by atoms with E-state index in [9.17, 15) is 5.11 Å². The Balaban J connectivity index is 2.68. The predicted octanol–water partition coefficient (Wildman–Crippen LogP) is 2.17. The zero-order valence-corrected chi connectivity index (χ0v) is 10.0. The SMILES string of the molecule is CCC(O)(C(C)C)C1CC(C)CCN1. The molecule has 3 atom stereocenters. The third kappa shape index (κ3) is 2.29. The summed E-state index contributed by atoms with van der Waals surface area (Å²) in [4.78, 5) is 0. The van der Waals surface area contributed by atoms with Crippen LogP contribution in [0.2, 0.25) is 0 Å². The van der Waals surface area contributed by atoms with Gasteiger partial charge in [-0.2, -0.15) is 0 Å². The van der Waals surface area contributed by atoms with Crippen LogP contribution in [0.25, 0.3) is 0 Å². The topological polar surface area (TPSA) is 32.3 Å². The fraction of sp³-hybridized carbons (Fsp3) is 1.00. The second kappa shape index (κ2) is 4.63. The Kier molecular flexibility index (Phi) is 3.96. The molecule has 0 aromatic heterocycles. The van der Waals surface area contributed by atoms with Crippen molar-refractivity contribution < 1.29 is 5.11 Å². The maximum Gasteiger partial charge on any atom is 0.0820 e. The molecule has 2 nitrogen and oxygen atoms in total. The highest BCUT2D eigenvalue weighted by atomic mass is 16.3. The van der Waals surface area contributed by atoms with Gasteiger partial charge >= 0.3 is 0 Å². The van der Waals surface area contributed by atoms with Crippen LogP contribution in [-0.4, -0.2) is 23.3 Å².